The van der Waals surface area contributed by atoms with E-state index in [2.05, 4.69) is 0 Å². The van der Waals surface area contributed by atoms with E-state index in [0.29, 0.717) is 6.41 Å². The van der Waals surface area contributed by atoms with Crippen LogP contribution < -0.4 is 0 Å². The molecule has 0 aliphatic heterocycles. The van der Waals surface area contributed by atoms with Crippen LogP contribution in [0.1, 0.15) is 18.4 Å². The number of nitrogens with zero attached hydrogens (tertiary/aromatic N) is 2. The SMILES string of the molecule is C[P+](=O)C(O)C[C@@H](O)[C@@H](O)[C@@H](O)CN(C=O)OCc1ccccc1.C[P+](=O)C(O)C[C@@H](O)[C@@H](O)[C@@H](O)CN(O)C=O. The molecule has 4 unspecified atom stereocenters. The summed E-state index contributed by atoms with van der Waals surface area (Å²) in [5.41, 5.74) is 0.814. The third kappa shape index (κ3) is 16.3. The van der Waals surface area contributed by atoms with E-state index in [1.165, 1.54) is 13.3 Å². The molecule has 0 heterocycles. The molecule has 0 spiro atoms. The monoisotopic (exact) mass is 630 g/mol. The standard InChI is InChI=1S/C15H23NO7P.C8H17NO7P/c1-24(22)14(20)7-12(18)15(21)13(19)8-16(10-17)23-9-11-5-3-2-4-6-11;1-17(16)7(13)2-5(11)8(14)6(12)3-9(15)4-10/h2-6,10,12-15,18-21H,7-9H2,1H3;4-8,11-15H,2-3H2,1H3/q2*+1/t12-,13+,14?,15-;5-,6+,7?,8-/m11/s1. The quantitative estimate of drug-likeness (QED) is 0.0343. The Bertz CT molecular complexity index is 918. The van der Waals surface area contributed by atoms with Gasteiger partial charge in [-0.05, 0) is 5.56 Å². The van der Waals surface area contributed by atoms with Crippen molar-refractivity contribution in [2.75, 3.05) is 26.4 Å². The molecule has 9 N–H and O–H groups in total. The fraction of sp³-hybridized carbons (Fsp3) is 0.652. The zero-order valence-electron chi connectivity index (χ0n) is 22.6. The van der Waals surface area contributed by atoms with Gasteiger partial charge in [0.2, 0.25) is 12.8 Å². The van der Waals surface area contributed by atoms with Crippen molar-refractivity contribution in [3.63, 3.8) is 0 Å². The first-order valence-electron chi connectivity index (χ1n) is 12.2. The van der Waals surface area contributed by atoms with Crippen molar-refractivity contribution in [3.8, 4) is 0 Å². The van der Waals surface area contributed by atoms with Crippen molar-refractivity contribution in [1.82, 2.24) is 10.1 Å². The summed E-state index contributed by atoms with van der Waals surface area (Å²) >= 11 is 0. The van der Waals surface area contributed by atoms with Crippen LogP contribution >= 0.6 is 15.6 Å². The Balaban J connectivity index is 0.000000831. The average Bonchev–Trinajstić information content (AvgIpc) is 2.94. The first-order chi connectivity index (χ1) is 19.1. The summed E-state index contributed by atoms with van der Waals surface area (Å²) in [5, 5.41) is 85.9. The Kier molecular flexibility index (Phi) is 19.7. The van der Waals surface area contributed by atoms with Crippen LogP contribution in [-0.2, 0) is 30.2 Å². The Hall–Kier alpha value is -2.04. The molecule has 1 rings (SSSR count). The largest absolute Gasteiger partial charge is 0.390 e. The van der Waals surface area contributed by atoms with Crippen molar-refractivity contribution < 1.29 is 69.6 Å². The van der Waals surface area contributed by atoms with E-state index < -0.39 is 70.5 Å². The summed E-state index contributed by atoms with van der Waals surface area (Å²) in [6.07, 6.45) is -9.73. The van der Waals surface area contributed by atoms with Crippen molar-refractivity contribution in [2.45, 2.75) is 67.8 Å². The number of carbonyl (C=O) groups is 2. The van der Waals surface area contributed by atoms with Gasteiger partial charge in [-0.3, -0.25) is 19.6 Å². The van der Waals surface area contributed by atoms with Gasteiger partial charge < -0.3 is 40.9 Å². The number of hydrogen-bond donors (Lipinski definition) is 9. The van der Waals surface area contributed by atoms with Gasteiger partial charge in [-0.25, -0.2) is 10.1 Å². The van der Waals surface area contributed by atoms with Crippen molar-refractivity contribution in [3.05, 3.63) is 35.9 Å². The second kappa shape index (κ2) is 20.8. The van der Waals surface area contributed by atoms with Crippen molar-refractivity contribution in [1.29, 1.82) is 0 Å². The van der Waals surface area contributed by atoms with Crippen LogP contribution in [0.2, 0.25) is 0 Å². The molecule has 0 saturated heterocycles. The fourth-order valence-electron chi connectivity index (χ4n) is 3.01. The number of aliphatic hydroxyl groups is 8. The van der Waals surface area contributed by atoms with E-state index >= 15 is 0 Å². The van der Waals surface area contributed by atoms with Gasteiger partial charge in [0.1, 0.15) is 44.4 Å². The molecule has 1 aromatic rings. The van der Waals surface area contributed by atoms with E-state index in [9.17, 15) is 59.6 Å². The van der Waals surface area contributed by atoms with E-state index in [1.54, 1.807) is 12.1 Å². The first-order valence-corrected chi connectivity index (χ1v) is 15.7. The molecule has 16 nitrogen and oxygen atoms in total. The normalized spacial score (nSPS) is 17.7. The van der Waals surface area contributed by atoms with Crippen molar-refractivity contribution in [2.24, 2.45) is 0 Å². The molecule has 0 radical (unpaired) electrons. The molecule has 10 atom stereocenters. The number of hydroxylamine groups is 4. The Labute approximate surface area is 238 Å². The summed E-state index contributed by atoms with van der Waals surface area (Å²) in [4.78, 5) is 26.2. The maximum atomic E-state index is 11.1. The highest BCUT2D eigenvalue weighted by atomic mass is 31.1. The maximum Gasteiger partial charge on any atom is 0.366 e. The maximum absolute atomic E-state index is 11.1. The molecule has 0 aliphatic carbocycles. The van der Waals surface area contributed by atoms with Crippen LogP contribution in [0.5, 0.6) is 0 Å². The van der Waals surface area contributed by atoms with Crippen LogP contribution in [0.4, 0.5) is 0 Å². The second-order valence-electron chi connectivity index (χ2n) is 8.97. The van der Waals surface area contributed by atoms with Crippen molar-refractivity contribution >= 4 is 28.4 Å². The van der Waals surface area contributed by atoms with E-state index in [-0.39, 0.29) is 37.5 Å². The minimum Gasteiger partial charge on any atom is -0.390 e. The van der Waals surface area contributed by atoms with Crippen LogP contribution in [0, 0.1) is 0 Å². The van der Waals surface area contributed by atoms with Crippen LogP contribution in [-0.4, -0.2) is 144 Å². The average molecular weight is 631 g/mol. The molecule has 234 valence electrons. The number of amides is 2. The second-order valence-corrected chi connectivity index (χ2v) is 12.3. The van der Waals surface area contributed by atoms with Gasteiger partial charge in [0.15, 0.2) is 0 Å². The Morgan fingerprint density at radius 2 is 1.17 bits per heavy atom. The summed E-state index contributed by atoms with van der Waals surface area (Å²) in [5.74, 6) is -2.58. The summed E-state index contributed by atoms with van der Waals surface area (Å²) < 4.78 is 21.9. The molecule has 2 amide bonds. The molecule has 0 saturated carbocycles. The minimum absolute atomic E-state index is 0.0279. The molecular formula is C23H40N2O14P2+2. The lowest BCUT2D eigenvalue weighted by atomic mass is 10.1. The number of aliphatic hydroxyl groups excluding tert-OH is 8. The molecule has 1 aromatic carbocycles. The highest BCUT2D eigenvalue weighted by Crippen LogP contribution is 2.26. The number of hydrogen-bond acceptors (Lipinski definition) is 14. The zero-order valence-corrected chi connectivity index (χ0v) is 24.3. The highest BCUT2D eigenvalue weighted by Gasteiger charge is 2.34. The molecule has 0 aromatic heterocycles. The summed E-state index contributed by atoms with van der Waals surface area (Å²) in [7, 11) is -3.85. The van der Waals surface area contributed by atoms with Gasteiger partial charge >= 0.3 is 15.6 Å². The van der Waals surface area contributed by atoms with Gasteiger partial charge in [-0.2, -0.15) is 0 Å². The predicted octanol–water partition coefficient (Wildman–Crippen LogP) is -2.09. The Morgan fingerprint density at radius 3 is 1.56 bits per heavy atom. The van der Waals surface area contributed by atoms with E-state index in [1.807, 2.05) is 18.2 Å². The fourth-order valence-corrected chi connectivity index (χ4v) is 4.04. The molecule has 0 fully saturated rings. The number of carbonyl (C=O) groups excluding carboxylic acids is 2. The summed E-state index contributed by atoms with van der Waals surface area (Å²) in [6, 6.07) is 9.04. The summed E-state index contributed by atoms with van der Waals surface area (Å²) in [6.45, 7) is 1.69. The molecule has 18 heteroatoms. The van der Waals surface area contributed by atoms with Gasteiger partial charge in [0, 0.05) is 12.8 Å². The third-order valence-electron chi connectivity index (χ3n) is 5.54. The first kappa shape index (κ1) is 39.0. The van der Waals surface area contributed by atoms with Crippen LogP contribution in [0.3, 0.4) is 0 Å². The lowest BCUT2D eigenvalue weighted by Gasteiger charge is -2.26. The highest BCUT2D eigenvalue weighted by molar-refractivity contribution is 7.44. The smallest absolute Gasteiger partial charge is 0.366 e. The Morgan fingerprint density at radius 1 is 0.732 bits per heavy atom. The van der Waals surface area contributed by atoms with Crippen LogP contribution in [0.25, 0.3) is 0 Å². The van der Waals surface area contributed by atoms with Crippen LogP contribution in [0.15, 0.2) is 30.3 Å². The van der Waals surface area contributed by atoms with Gasteiger partial charge in [0.25, 0.3) is 11.7 Å². The van der Waals surface area contributed by atoms with E-state index in [0.717, 1.165) is 10.6 Å². The molecule has 0 aliphatic rings. The topological polar surface area (TPSA) is 266 Å². The minimum atomic E-state index is -1.93. The van der Waals surface area contributed by atoms with Gasteiger partial charge in [0.05, 0.1) is 25.3 Å². The molecule has 41 heavy (non-hydrogen) atoms. The van der Waals surface area contributed by atoms with Gasteiger partial charge in [-0.1, -0.05) is 39.5 Å². The third-order valence-corrected chi connectivity index (χ3v) is 7.64. The predicted molar refractivity (Wildman–Crippen MR) is 143 cm³/mol. The number of benzene rings is 1. The van der Waals surface area contributed by atoms with E-state index in [4.69, 9.17) is 10.0 Å². The van der Waals surface area contributed by atoms with Gasteiger partial charge in [-0.15, -0.1) is 0 Å². The molecular weight excluding hydrogens is 590 g/mol. The lowest BCUT2D eigenvalue weighted by molar-refractivity contribution is -0.192. The lowest BCUT2D eigenvalue weighted by Crippen LogP contribution is -2.45. The molecule has 0 bridgehead atoms. The zero-order chi connectivity index (χ0) is 31.7. The number of rotatable bonds is 19.